The van der Waals surface area contributed by atoms with Crippen molar-refractivity contribution in [3.8, 4) is 0 Å². The van der Waals surface area contributed by atoms with Gasteiger partial charge in [0.05, 0.1) is 10.7 Å². The molecule has 0 aliphatic heterocycles. The maximum atomic E-state index is 12.9. The monoisotopic (exact) mass is 317 g/mol. The fraction of sp³-hybridized carbons (Fsp3) is 0.125. The number of aromatic nitrogens is 2. The van der Waals surface area contributed by atoms with Crippen LogP contribution in [0.1, 0.15) is 21.7 Å². The highest BCUT2D eigenvalue weighted by molar-refractivity contribution is 6.30. The van der Waals surface area contributed by atoms with Crippen molar-refractivity contribution in [2.24, 2.45) is 0 Å². The van der Waals surface area contributed by atoms with Crippen molar-refractivity contribution >= 4 is 23.2 Å². The Morgan fingerprint density at radius 1 is 1.27 bits per heavy atom. The van der Waals surface area contributed by atoms with Gasteiger partial charge in [0.1, 0.15) is 17.2 Å². The molecule has 2 aromatic heterocycles. The SMILES string of the molecule is Cc1nc2ccc(Cl)cn2c1C(=O)NCc1ccc(F)cc1. The third-order valence-corrected chi connectivity index (χ3v) is 3.56. The summed E-state index contributed by atoms with van der Waals surface area (Å²) in [6, 6.07) is 9.47. The normalized spacial score (nSPS) is 10.9. The van der Waals surface area contributed by atoms with E-state index >= 15 is 0 Å². The average molecular weight is 318 g/mol. The Balaban J connectivity index is 1.84. The number of halogens is 2. The van der Waals surface area contributed by atoms with E-state index in [0.717, 1.165) is 5.56 Å². The van der Waals surface area contributed by atoms with E-state index in [2.05, 4.69) is 10.3 Å². The van der Waals surface area contributed by atoms with E-state index in [1.807, 2.05) is 0 Å². The largest absolute Gasteiger partial charge is 0.347 e. The summed E-state index contributed by atoms with van der Waals surface area (Å²) in [6.45, 7) is 2.08. The molecule has 0 unspecified atom stereocenters. The van der Waals surface area contributed by atoms with Gasteiger partial charge in [0, 0.05) is 12.7 Å². The Kier molecular flexibility index (Phi) is 3.81. The third-order valence-electron chi connectivity index (χ3n) is 3.34. The van der Waals surface area contributed by atoms with Gasteiger partial charge >= 0.3 is 0 Å². The van der Waals surface area contributed by atoms with Crippen LogP contribution >= 0.6 is 11.6 Å². The number of rotatable bonds is 3. The van der Waals surface area contributed by atoms with Gasteiger partial charge in [-0.1, -0.05) is 23.7 Å². The molecule has 3 rings (SSSR count). The molecule has 4 nitrogen and oxygen atoms in total. The van der Waals surface area contributed by atoms with Crippen LogP contribution in [0.5, 0.6) is 0 Å². The number of aryl methyl sites for hydroxylation is 1. The number of pyridine rings is 1. The van der Waals surface area contributed by atoms with Gasteiger partial charge in [-0.15, -0.1) is 0 Å². The molecule has 2 heterocycles. The maximum absolute atomic E-state index is 12.9. The van der Waals surface area contributed by atoms with Crippen LogP contribution in [0.25, 0.3) is 5.65 Å². The van der Waals surface area contributed by atoms with Crippen LogP contribution < -0.4 is 5.32 Å². The van der Waals surface area contributed by atoms with Gasteiger partial charge in [0.2, 0.25) is 0 Å². The smallest absolute Gasteiger partial charge is 0.270 e. The van der Waals surface area contributed by atoms with E-state index in [4.69, 9.17) is 11.6 Å². The Bertz CT molecular complexity index is 842. The summed E-state index contributed by atoms with van der Waals surface area (Å²) < 4.78 is 14.5. The first-order valence-electron chi connectivity index (χ1n) is 6.71. The van der Waals surface area contributed by atoms with Gasteiger partial charge in [-0.25, -0.2) is 9.37 Å². The number of hydrogen-bond donors (Lipinski definition) is 1. The van der Waals surface area contributed by atoms with Crippen molar-refractivity contribution in [2.75, 3.05) is 0 Å². The molecule has 0 spiro atoms. The minimum Gasteiger partial charge on any atom is -0.347 e. The van der Waals surface area contributed by atoms with Crippen LogP contribution in [-0.2, 0) is 6.54 Å². The predicted molar refractivity (Wildman–Crippen MR) is 82.5 cm³/mol. The molecule has 1 N–H and O–H groups in total. The summed E-state index contributed by atoms with van der Waals surface area (Å²) in [5.74, 6) is -0.557. The van der Waals surface area contributed by atoms with Crippen LogP contribution in [0.4, 0.5) is 4.39 Å². The Morgan fingerprint density at radius 2 is 2.00 bits per heavy atom. The summed E-state index contributed by atoms with van der Waals surface area (Å²) in [5.41, 5.74) is 2.55. The van der Waals surface area contributed by atoms with E-state index in [-0.39, 0.29) is 11.7 Å². The lowest BCUT2D eigenvalue weighted by molar-refractivity contribution is 0.0944. The summed E-state index contributed by atoms with van der Waals surface area (Å²) in [5, 5.41) is 3.33. The van der Waals surface area contributed by atoms with Crippen molar-refractivity contribution in [1.82, 2.24) is 14.7 Å². The lowest BCUT2D eigenvalue weighted by Crippen LogP contribution is -2.25. The van der Waals surface area contributed by atoms with Crippen molar-refractivity contribution in [3.05, 3.63) is 70.4 Å². The molecule has 112 valence electrons. The number of nitrogens with zero attached hydrogens (tertiary/aromatic N) is 2. The van der Waals surface area contributed by atoms with Crippen LogP contribution in [0, 0.1) is 12.7 Å². The number of carbonyl (C=O) groups excluding carboxylic acids is 1. The van der Waals surface area contributed by atoms with Crippen LogP contribution in [0.3, 0.4) is 0 Å². The number of nitrogens with one attached hydrogen (secondary N) is 1. The number of benzene rings is 1. The lowest BCUT2D eigenvalue weighted by atomic mass is 10.2. The maximum Gasteiger partial charge on any atom is 0.270 e. The van der Waals surface area contributed by atoms with Crippen LogP contribution in [0.2, 0.25) is 5.02 Å². The molecular formula is C16H13ClFN3O. The molecule has 0 radical (unpaired) electrons. The molecule has 0 aliphatic rings. The molecule has 0 aliphatic carbocycles. The molecule has 0 fully saturated rings. The van der Waals surface area contributed by atoms with Gasteiger partial charge in [0.25, 0.3) is 5.91 Å². The van der Waals surface area contributed by atoms with Gasteiger partial charge in [-0.2, -0.15) is 0 Å². The fourth-order valence-electron chi connectivity index (χ4n) is 2.28. The first kappa shape index (κ1) is 14.5. The highest BCUT2D eigenvalue weighted by Gasteiger charge is 2.16. The third kappa shape index (κ3) is 2.80. The molecule has 6 heteroatoms. The van der Waals surface area contributed by atoms with Crippen molar-refractivity contribution < 1.29 is 9.18 Å². The molecule has 0 atom stereocenters. The minimum absolute atomic E-state index is 0.253. The van der Waals surface area contributed by atoms with Gasteiger partial charge in [0.15, 0.2) is 0 Å². The average Bonchev–Trinajstić information content (AvgIpc) is 2.81. The molecule has 0 bridgehead atoms. The zero-order valence-electron chi connectivity index (χ0n) is 11.8. The minimum atomic E-state index is -0.303. The quantitative estimate of drug-likeness (QED) is 0.805. The number of fused-ring (bicyclic) bond motifs is 1. The zero-order chi connectivity index (χ0) is 15.7. The zero-order valence-corrected chi connectivity index (χ0v) is 12.6. The van der Waals surface area contributed by atoms with Crippen LogP contribution in [-0.4, -0.2) is 15.3 Å². The topological polar surface area (TPSA) is 46.4 Å². The molecular weight excluding hydrogens is 305 g/mol. The first-order chi connectivity index (χ1) is 10.5. The standard InChI is InChI=1S/C16H13ClFN3O/c1-10-15(21-9-12(17)4-7-14(21)20-10)16(22)19-8-11-2-5-13(18)6-3-11/h2-7,9H,8H2,1H3,(H,19,22). The van der Waals surface area contributed by atoms with Gasteiger partial charge in [-0.3, -0.25) is 9.20 Å². The molecule has 3 aromatic rings. The molecule has 0 saturated heterocycles. The highest BCUT2D eigenvalue weighted by Crippen LogP contribution is 2.16. The number of hydrogen-bond acceptors (Lipinski definition) is 2. The second-order valence-corrected chi connectivity index (χ2v) is 5.37. The first-order valence-corrected chi connectivity index (χ1v) is 7.09. The molecule has 1 amide bonds. The second kappa shape index (κ2) is 5.77. The number of imidazole rings is 1. The van der Waals surface area contributed by atoms with Crippen molar-refractivity contribution in [3.63, 3.8) is 0 Å². The molecule has 1 aromatic carbocycles. The van der Waals surface area contributed by atoms with E-state index in [1.165, 1.54) is 12.1 Å². The van der Waals surface area contributed by atoms with E-state index in [1.54, 1.807) is 41.8 Å². The Labute approximate surface area is 131 Å². The highest BCUT2D eigenvalue weighted by atomic mass is 35.5. The summed E-state index contributed by atoms with van der Waals surface area (Å²) >= 11 is 5.98. The Morgan fingerprint density at radius 3 is 2.73 bits per heavy atom. The van der Waals surface area contributed by atoms with Gasteiger partial charge < -0.3 is 5.32 Å². The van der Waals surface area contributed by atoms with E-state index in [9.17, 15) is 9.18 Å². The Hall–Kier alpha value is -2.40. The summed E-state index contributed by atoms with van der Waals surface area (Å²) in [4.78, 5) is 16.7. The number of amides is 1. The van der Waals surface area contributed by atoms with Crippen LogP contribution in [0.15, 0.2) is 42.6 Å². The molecule has 22 heavy (non-hydrogen) atoms. The summed E-state index contributed by atoms with van der Waals surface area (Å²) in [7, 11) is 0. The van der Waals surface area contributed by atoms with Crippen molar-refractivity contribution in [1.29, 1.82) is 0 Å². The predicted octanol–water partition coefficient (Wildman–Crippen LogP) is 3.37. The second-order valence-electron chi connectivity index (χ2n) is 4.93. The van der Waals surface area contributed by atoms with Gasteiger partial charge in [-0.05, 0) is 36.8 Å². The molecule has 0 saturated carbocycles. The lowest BCUT2D eigenvalue weighted by Gasteiger charge is -2.06. The summed E-state index contributed by atoms with van der Waals surface area (Å²) in [6.07, 6.45) is 1.66. The van der Waals surface area contributed by atoms with E-state index < -0.39 is 0 Å². The van der Waals surface area contributed by atoms with Crippen molar-refractivity contribution in [2.45, 2.75) is 13.5 Å². The fourth-order valence-corrected chi connectivity index (χ4v) is 2.44. The van der Waals surface area contributed by atoms with E-state index in [0.29, 0.717) is 28.6 Å². The number of carbonyl (C=O) groups is 1.